The van der Waals surface area contributed by atoms with Gasteiger partial charge < -0.3 is 19.3 Å². The van der Waals surface area contributed by atoms with Gasteiger partial charge in [-0.1, -0.05) is 53.1 Å². The largest absolute Gasteiger partial charge is 0.478 e. The molecule has 212 valence electrons. The lowest BCUT2D eigenvalue weighted by Gasteiger charge is -2.18. The van der Waals surface area contributed by atoms with Crippen molar-refractivity contribution in [2.24, 2.45) is 0 Å². The first-order valence-corrected chi connectivity index (χ1v) is 13.6. The van der Waals surface area contributed by atoms with E-state index in [1.165, 1.54) is 25.8 Å². The van der Waals surface area contributed by atoms with E-state index in [4.69, 9.17) is 14.6 Å². The molecule has 1 saturated heterocycles. The number of aromatic carboxylic acids is 1. The Labute approximate surface area is 238 Å². The molecule has 1 aliphatic rings. The van der Waals surface area contributed by atoms with Gasteiger partial charge in [0.2, 0.25) is 0 Å². The number of hydrogen-bond donors (Lipinski definition) is 1. The maximum atomic E-state index is 12.0. The van der Waals surface area contributed by atoms with Crippen molar-refractivity contribution in [1.29, 1.82) is 0 Å². The Morgan fingerprint density at radius 2 is 1.12 bits per heavy atom. The normalized spacial score (nSPS) is 15.3. The SMILES string of the molecule is CC(=O)OC1SCCC1OC(=O)c1ccc(C)cc1.COC(=O)c1ccc(C)cc1.Cc1ccc(C(=O)O)cc1. The van der Waals surface area contributed by atoms with Gasteiger partial charge in [0.1, 0.15) is 6.10 Å². The van der Waals surface area contributed by atoms with Crippen LogP contribution in [-0.2, 0) is 19.0 Å². The number of carboxylic acid groups (broad SMARTS) is 1. The highest BCUT2D eigenvalue weighted by Gasteiger charge is 2.33. The van der Waals surface area contributed by atoms with E-state index in [1.807, 2.05) is 45.0 Å². The summed E-state index contributed by atoms with van der Waals surface area (Å²) < 4.78 is 15.1. The molecule has 0 aliphatic carbocycles. The summed E-state index contributed by atoms with van der Waals surface area (Å²) in [5.74, 6) is -1.06. The summed E-state index contributed by atoms with van der Waals surface area (Å²) >= 11 is 1.50. The highest BCUT2D eigenvalue weighted by Crippen LogP contribution is 2.30. The summed E-state index contributed by atoms with van der Waals surface area (Å²) in [6.07, 6.45) is 0.350. The molecule has 2 unspecified atom stereocenters. The van der Waals surface area contributed by atoms with Crippen molar-refractivity contribution in [3.05, 3.63) is 106 Å². The van der Waals surface area contributed by atoms with Gasteiger partial charge in [0.05, 0.1) is 23.8 Å². The Balaban J connectivity index is 0.000000228. The van der Waals surface area contributed by atoms with Crippen LogP contribution < -0.4 is 0 Å². The lowest BCUT2D eigenvalue weighted by molar-refractivity contribution is -0.146. The van der Waals surface area contributed by atoms with Crippen LogP contribution in [0.3, 0.4) is 0 Å². The Morgan fingerprint density at radius 1 is 0.700 bits per heavy atom. The predicted octanol–water partition coefficient (Wildman–Crippen LogP) is 6.02. The number of carbonyl (C=O) groups excluding carboxylic acids is 3. The van der Waals surface area contributed by atoms with Gasteiger partial charge >= 0.3 is 23.9 Å². The fraction of sp³-hybridized carbons (Fsp3) is 0.290. The van der Waals surface area contributed by atoms with Gasteiger partial charge in [0.25, 0.3) is 0 Å². The molecule has 1 fully saturated rings. The van der Waals surface area contributed by atoms with Crippen molar-refractivity contribution in [2.75, 3.05) is 12.9 Å². The first-order chi connectivity index (χ1) is 19.0. The van der Waals surface area contributed by atoms with Crippen LogP contribution >= 0.6 is 11.8 Å². The smallest absolute Gasteiger partial charge is 0.338 e. The van der Waals surface area contributed by atoms with Crippen molar-refractivity contribution < 1.29 is 38.5 Å². The Kier molecular flexibility index (Phi) is 12.9. The lowest BCUT2D eigenvalue weighted by Crippen LogP contribution is -2.28. The number of benzene rings is 3. The molecule has 1 aliphatic heterocycles. The number of carbonyl (C=O) groups is 4. The zero-order valence-corrected chi connectivity index (χ0v) is 24.0. The zero-order chi connectivity index (χ0) is 29.7. The van der Waals surface area contributed by atoms with Crippen LogP contribution in [-0.4, -0.2) is 53.4 Å². The van der Waals surface area contributed by atoms with Crippen LogP contribution in [0.5, 0.6) is 0 Å². The monoisotopic (exact) mass is 566 g/mol. The molecule has 9 heteroatoms. The van der Waals surface area contributed by atoms with E-state index in [9.17, 15) is 19.2 Å². The van der Waals surface area contributed by atoms with Crippen LogP contribution in [0, 0.1) is 20.8 Å². The van der Waals surface area contributed by atoms with Gasteiger partial charge in [0, 0.05) is 12.7 Å². The zero-order valence-electron chi connectivity index (χ0n) is 23.2. The minimum atomic E-state index is -0.875. The highest BCUT2D eigenvalue weighted by atomic mass is 32.2. The van der Waals surface area contributed by atoms with Crippen LogP contribution in [0.2, 0.25) is 0 Å². The van der Waals surface area contributed by atoms with Gasteiger partial charge in [-0.2, -0.15) is 0 Å². The maximum Gasteiger partial charge on any atom is 0.338 e. The summed E-state index contributed by atoms with van der Waals surface area (Å²) in [6, 6.07) is 21.2. The number of ether oxygens (including phenoxy) is 3. The third-order valence-electron chi connectivity index (χ3n) is 5.59. The number of carboxylic acids is 1. The molecule has 0 saturated carbocycles. The van der Waals surface area contributed by atoms with Gasteiger partial charge in [0.15, 0.2) is 5.44 Å². The number of hydrogen-bond acceptors (Lipinski definition) is 8. The molecule has 4 rings (SSSR count). The van der Waals surface area contributed by atoms with E-state index in [0.717, 1.165) is 22.4 Å². The highest BCUT2D eigenvalue weighted by molar-refractivity contribution is 8.00. The summed E-state index contributed by atoms with van der Waals surface area (Å²) in [7, 11) is 1.38. The van der Waals surface area contributed by atoms with Crippen LogP contribution in [0.15, 0.2) is 72.8 Å². The van der Waals surface area contributed by atoms with Gasteiger partial charge in [-0.3, -0.25) is 4.79 Å². The Bertz CT molecular complexity index is 1270. The second-order valence-electron chi connectivity index (χ2n) is 8.98. The first kappa shape index (κ1) is 32.1. The van der Waals surface area contributed by atoms with Crippen LogP contribution in [0.25, 0.3) is 0 Å². The van der Waals surface area contributed by atoms with E-state index in [1.54, 1.807) is 48.5 Å². The summed E-state index contributed by atoms with van der Waals surface area (Å²) in [4.78, 5) is 44.1. The number of thioether (sulfide) groups is 1. The van der Waals surface area contributed by atoms with Crippen LogP contribution in [0.1, 0.15) is 61.1 Å². The fourth-order valence-electron chi connectivity index (χ4n) is 3.33. The predicted molar refractivity (Wildman–Crippen MR) is 154 cm³/mol. The second kappa shape index (κ2) is 16.1. The van der Waals surface area contributed by atoms with E-state index in [2.05, 4.69) is 4.74 Å². The molecule has 0 bridgehead atoms. The van der Waals surface area contributed by atoms with Gasteiger partial charge in [-0.05, 0) is 63.6 Å². The molecule has 3 aromatic rings. The third-order valence-corrected chi connectivity index (χ3v) is 6.79. The molecule has 0 radical (unpaired) electrons. The van der Waals surface area contributed by atoms with Crippen molar-refractivity contribution in [3.63, 3.8) is 0 Å². The molecule has 40 heavy (non-hydrogen) atoms. The Morgan fingerprint density at radius 3 is 1.52 bits per heavy atom. The minimum absolute atomic E-state index is 0.287. The summed E-state index contributed by atoms with van der Waals surface area (Å²) in [5, 5.41) is 8.48. The standard InChI is InChI=1S/C14H16O4S.C9H10O2.C8H8O2/c1-9-3-5-11(6-4-9)13(16)18-12-7-8-19-14(12)17-10(2)15;1-7-3-5-8(6-4-7)9(10)11-2;1-6-2-4-7(5-3-6)8(9)10/h3-6,12,14H,7-8H2,1-2H3;3-6H,1-2H3;2-5H,1H3,(H,9,10). The van der Waals surface area contributed by atoms with Crippen molar-refractivity contribution in [2.45, 2.75) is 45.7 Å². The molecule has 8 nitrogen and oxygen atoms in total. The third kappa shape index (κ3) is 10.9. The second-order valence-corrected chi connectivity index (χ2v) is 10.2. The average Bonchev–Trinajstić information content (AvgIpc) is 3.35. The molecule has 2 atom stereocenters. The summed E-state index contributed by atoms with van der Waals surface area (Å²) in [6.45, 7) is 7.21. The van der Waals surface area contributed by atoms with E-state index < -0.39 is 5.97 Å². The molecule has 0 amide bonds. The maximum absolute atomic E-state index is 12.0. The number of methoxy groups -OCH3 is 1. The van der Waals surface area contributed by atoms with Crippen molar-refractivity contribution in [3.8, 4) is 0 Å². The molecule has 0 spiro atoms. The first-order valence-electron chi connectivity index (χ1n) is 12.5. The van der Waals surface area contributed by atoms with Gasteiger partial charge in [-0.25, -0.2) is 14.4 Å². The molecule has 0 aromatic heterocycles. The minimum Gasteiger partial charge on any atom is -0.478 e. The van der Waals surface area contributed by atoms with Crippen molar-refractivity contribution in [1.82, 2.24) is 0 Å². The molecular formula is C31H34O8S. The molecular weight excluding hydrogens is 532 g/mol. The Hall–Kier alpha value is -4.11. The van der Waals surface area contributed by atoms with E-state index in [0.29, 0.717) is 23.1 Å². The topological polar surface area (TPSA) is 116 Å². The van der Waals surface area contributed by atoms with Crippen LogP contribution in [0.4, 0.5) is 0 Å². The number of esters is 3. The fourth-order valence-corrected chi connectivity index (χ4v) is 4.54. The molecule has 1 heterocycles. The van der Waals surface area contributed by atoms with E-state index in [-0.39, 0.29) is 29.4 Å². The summed E-state index contributed by atoms with van der Waals surface area (Å²) in [5.41, 5.74) is 4.37. The molecule has 1 N–H and O–H groups in total. The lowest BCUT2D eigenvalue weighted by atomic mass is 10.1. The molecule has 3 aromatic carbocycles. The quantitative estimate of drug-likeness (QED) is 0.292. The van der Waals surface area contributed by atoms with E-state index >= 15 is 0 Å². The van der Waals surface area contributed by atoms with Crippen molar-refractivity contribution >= 4 is 35.6 Å². The van der Waals surface area contributed by atoms with Gasteiger partial charge in [-0.15, -0.1) is 11.8 Å². The average molecular weight is 567 g/mol. The number of aryl methyl sites for hydroxylation is 3. The number of rotatable bonds is 5.